The highest BCUT2D eigenvalue weighted by Crippen LogP contribution is 2.26. The van der Waals surface area contributed by atoms with E-state index in [2.05, 4.69) is 9.55 Å². The highest BCUT2D eigenvalue weighted by molar-refractivity contribution is 4.88. The second kappa shape index (κ2) is 3.27. The van der Waals surface area contributed by atoms with Crippen LogP contribution in [0.25, 0.3) is 0 Å². The molecule has 3 heteroatoms. The van der Waals surface area contributed by atoms with Crippen LogP contribution in [0.3, 0.4) is 0 Å². The Morgan fingerprint density at radius 1 is 1.33 bits per heavy atom. The predicted octanol–water partition coefficient (Wildman–Crippen LogP) is 1.33. The van der Waals surface area contributed by atoms with Gasteiger partial charge in [0.1, 0.15) is 0 Å². The number of aromatic nitrogens is 2. The van der Waals surface area contributed by atoms with Gasteiger partial charge in [0, 0.05) is 24.5 Å². The summed E-state index contributed by atoms with van der Waals surface area (Å²) < 4.78 is 2.14. The van der Waals surface area contributed by atoms with Crippen molar-refractivity contribution < 1.29 is 0 Å². The van der Waals surface area contributed by atoms with Crippen LogP contribution < -0.4 is 5.73 Å². The van der Waals surface area contributed by atoms with Crippen LogP contribution >= 0.6 is 0 Å². The molecule has 1 aromatic rings. The first-order valence-electron chi connectivity index (χ1n) is 4.61. The van der Waals surface area contributed by atoms with E-state index in [4.69, 9.17) is 5.73 Å². The highest BCUT2D eigenvalue weighted by Gasteiger charge is 2.22. The van der Waals surface area contributed by atoms with Gasteiger partial charge < -0.3 is 10.3 Å². The summed E-state index contributed by atoms with van der Waals surface area (Å²) in [5, 5.41) is 0. The van der Waals surface area contributed by atoms with E-state index in [-0.39, 0.29) is 0 Å². The molecule has 2 rings (SSSR count). The van der Waals surface area contributed by atoms with Crippen molar-refractivity contribution in [3.63, 3.8) is 0 Å². The van der Waals surface area contributed by atoms with E-state index >= 15 is 0 Å². The van der Waals surface area contributed by atoms with E-state index in [1.54, 1.807) is 0 Å². The van der Waals surface area contributed by atoms with Crippen LogP contribution in [-0.2, 0) is 0 Å². The molecule has 0 bridgehead atoms. The van der Waals surface area contributed by atoms with Gasteiger partial charge in [-0.15, -0.1) is 0 Å². The Balaban J connectivity index is 2.11. The lowest BCUT2D eigenvalue weighted by Crippen LogP contribution is -2.34. The minimum atomic E-state index is 0.327. The number of nitrogens with zero attached hydrogens (tertiary/aromatic N) is 2. The van der Waals surface area contributed by atoms with Gasteiger partial charge in [0.15, 0.2) is 0 Å². The monoisotopic (exact) mass is 165 g/mol. The third-order valence-electron chi connectivity index (χ3n) is 2.69. The normalized spacial score (nSPS) is 30.4. The summed E-state index contributed by atoms with van der Waals surface area (Å²) >= 11 is 0. The molecule has 0 unspecified atom stereocenters. The summed E-state index contributed by atoms with van der Waals surface area (Å²) in [5.41, 5.74) is 6.02. The number of rotatable bonds is 1. The van der Waals surface area contributed by atoms with Crippen molar-refractivity contribution in [2.45, 2.75) is 37.8 Å². The van der Waals surface area contributed by atoms with E-state index in [1.165, 1.54) is 19.3 Å². The Labute approximate surface area is 72.6 Å². The molecule has 2 atom stereocenters. The Morgan fingerprint density at radius 3 is 2.83 bits per heavy atom. The van der Waals surface area contributed by atoms with Crippen LogP contribution in [0.5, 0.6) is 0 Å². The SMILES string of the molecule is N[C@H]1CCCC[C@@H]1n1ccnc1. The molecule has 0 aromatic carbocycles. The lowest BCUT2D eigenvalue weighted by Gasteiger charge is -2.29. The number of nitrogens with two attached hydrogens (primary N) is 1. The molecule has 1 aliphatic carbocycles. The van der Waals surface area contributed by atoms with Crippen LogP contribution in [0, 0.1) is 0 Å². The predicted molar refractivity (Wildman–Crippen MR) is 47.7 cm³/mol. The molecule has 0 saturated heterocycles. The maximum Gasteiger partial charge on any atom is 0.0949 e. The Hall–Kier alpha value is -0.830. The number of imidazole rings is 1. The zero-order valence-electron chi connectivity index (χ0n) is 7.19. The van der Waals surface area contributed by atoms with Crippen LogP contribution in [0.15, 0.2) is 18.7 Å². The van der Waals surface area contributed by atoms with Crippen molar-refractivity contribution >= 4 is 0 Å². The molecule has 0 radical (unpaired) electrons. The van der Waals surface area contributed by atoms with Crippen molar-refractivity contribution in [1.82, 2.24) is 9.55 Å². The van der Waals surface area contributed by atoms with E-state index < -0.39 is 0 Å². The van der Waals surface area contributed by atoms with Gasteiger partial charge in [0.2, 0.25) is 0 Å². The fourth-order valence-electron chi connectivity index (χ4n) is 1.98. The maximum absolute atomic E-state index is 6.02. The molecule has 1 fully saturated rings. The summed E-state index contributed by atoms with van der Waals surface area (Å²) in [5.74, 6) is 0. The van der Waals surface area contributed by atoms with Crippen molar-refractivity contribution in [3.8, 4) is 0 Å². The minimum Gasteiger partial charge on any atom is -0.333 e. The molecule has 2 N–H and O–H groups in total. The largest absolute Gasteiger partial charge is 0.333 e. The van der Waals surface area contributed by atoms with Gasteiger partial charge in [-0.25, -0.2) is 4.98 Å². The van der Waals surface area contributed by atoms with Crippen molar-refractivity contribution in [2.24, 2.45) is 5.73 Å². The quantitative estimate of drug-likeness (QED) is 0.682. The fraction of sp³-hybridized carbons (Fsp3) is 0.667. The summed E-state index contributed by atoms with van der Waals surface area (Å²) in [4.78, 5) is 4.04. The Bertz CT molecular complexity index is 230. The second-order valence-electron chi connectivity index (χ2n) is 3.53. The molecular formula is C9H15N3. The molecule has 0 spiro atoms. The van der Waals surface area contributed by atoms with Gasteiger partial charge >= 0.3 is 0 Å². The first-order chi connectivity index (χ1) is 5.88. The second-order valence-corrected chi connectivity index (χ2v) is 3.53. The highest BCUT2D eigenvalue weighted by atomic mass is 15.1. The van der Waals surface area contributed by atoms with Crippen LogP contribution in [0.4, 0.5) is 0 Å². The molecule has 1 heterocycles. The first-order valence-corrected chi connectivity index (χ1v) is 4.61. The molecule has 1 saturated carbocycles. The fourth-order valence-corrected chi connectivity index (χ4v) is 1.98. The van der Waals surface area contributed by atoms with E-state index in [9.17, 15) is 0 Å². The van der Waals surface area contributed by atoms with Crippen LogP contribution in [0.1, 0.15) is 31.7 Å². The van der Waals surface area contributed by atoms with E-state index in [1.807, 2.05) is 18.7 Å². The molecule has 0 amide bonds. The molecule has 3 nitrogen and oxygen atoms in total. The van der Waals surface area contributed by atoms with E-state index in [0.717, 1.165) is 6.42 Å². The Kier molecular flexibility index (Phi) is 2.13. The Morgan fingerprint density at radius 2 is 2.17 bits per heavy atom. The smallest absolute Gasteiger partial charge is 0.0949 e. The van der Waals surface area contributed by atoms with Gasteiger partial charge in [-0.05, 0) is 12.8 Å². The summed E-state index contributed by atoms with van der Waals surface area (Å²) in [7, 11) is 0. The van der Waals surface area contributed by atoms with Crippen LogP contribution in [-0.4, -0.2) is 15.6 Å². The first kappa shape index (κ1) is 7.80. The number of hydrogen-bond acceptors (Lipinski definition) is 2. The van der Waals surface area contributed by atoms with Gasteiger partial charge in [-0.2, -0.15) is 0 Å². The lowest BCUT2D eigenvalue weighted by molar-refractivity contribution is 0.306. The van der Waals surface area contributed by atoms with E-state index in [0.29, 0.717) is 12.1 Å². The summed E-state index contributed by atoms with van der Waals surface area (Å²) in [6.45, 7) is 0. The minimum absolute atomic E-state index is 0.327. The van der Waals surface area contributed by atoms with Crippen molar-refractivity contribution in [1.29, 1.82) is 0 Å². The standard InChI is InChI=1S/C9H15N3/c10-8-3-1-2-4-9(8)12-6-5-11-7-12/h5-9H,1-4,10H2/t8-,9-/m0/s1. The molecule has 66 valence electrons. The van der Waals surface area contributed by atoms with Gasteiger partial charge in [0.25, 0.3) is 0 Å². The van der Waals surface area contributed by atoms with Gasteiger partial charge in [-0.3, -0.25) is 0 Å². The van der Waals surface area contributed by atoms with Crippen molar-refractivity contribution in [2.75, 3.05) is 0 Å². The maximum atomic E-state index is 6.02. The zero-order valence-corrected chi connectivity index (χ0v) is 7.19. The lowest BCUT2D eigenvalue weighted by atomic mass is 9.91. The average molecular weight is 165 g/mol. The molecule has 0 aliphatic heterocycles. The zero-order chi connectivity index (χ0) is 8.39. The topological polar surface area (TPSA) is 43.8 Å². The molecule has 12 heavy (non-hydrogen) atoms. The molecular weight excluding hydrogens is 150 g/mol. The van der Waals surface area contributed by atoms with Gasteiger partial charge in [0.05, 0.1) is 6.33 Å². The van der Waals surface area contributed by atoms with Gasteiger partial charge in [-0.1, -0.05) is 12.8 Å². The average Bonchev–Trinajstić information content (AvgIpc) is 2.57. The summed E-state index contributed by atoms with van der Waals surface area (Å²) in [6.07, 6.45) is 10.6. The summed E-state index contributed by atoms with van der Waals surface area (Å²) in [6, 6.07) is 0.814. The van der Waals surface area contributed by atoms with Crippen molar-refractivity contribution in [3.05, 3.63) is 18.7 Å². The third-order valence-corrected chi connectivity index (χ3v) is 2.69. The van der Waals surface area contributed by atoms with Crippen LogP contribution in [0.2, 0.25) is 0 Å². The molecule has 1 aromatic heterocycles. The third kappa shape index (κ3) is 1.37. The number of hydrogen-bond donors (Lipinski definition) is 1. The molecule has 1 aliphatic rings.